The van der Waals surface area contributed by atoms with Crippen LogP contribution in [-0.4, -0.2) is 11.1 Å². The molecule has 4 nitrogen and oxygen atoms in total. The van der Waals surface area contributed by atoms with Crippen molar-refractivity contribution in [2.24, 2.45) is 0 Å². The van der Waals surface area contributed by atoms with E-state index in [2.05, 4.69) is 0 Å². The number of carbonyl (C=O) groups is 1. The lowest BCUT2D eigenvalue weighted by Crippen LogP contribution is -2.07. The van der Waals surface area contributed by atoms with E-state index in [1.165, 1.54) is 24.3 Å². The van der Waals surface area contributed by atoms with Crippen molar-refractivity contribution >= 4 is 34.9 Å². The molecule has 2 aromatic rings. The van der Waals surface area contributed by atoms with Gasteiger partial charge in [0.25, 0.3) is 0 Å². The highest BCUT2D eigenvalue weighted by atomic mass is 35.5. The molecule has 0 unspecified atom stereocenters. The minimum Gasteiger partial charge on any atom is -0.477 e. The first-order chi connectivity index (χ1) is 9.40. The Hall–Kier alpha value is -1.98. The smallest absolute Gasteiger partial charge is 0.341 e. The molecule has 0 bridgehead atoms. The van der Waals surface area contributed by atoms with Crippen molar-refractivity contribution < 1.29 is 19.0 Å². The molecule has 0 fully saturated rings. The molecule has 0 aliphatic carbocycles. The van der Waals surface area contributed by atoms with Crippen molar-refractivity contribution in [3.8, 4) is 11.5 Å². The summed E-state index contributed by atoms with van der Waals surface area (Å²) in [5.74, 6) is -2.16. The van der Waals surface area contributed by atoms with Crippen LogP contribution in [0.5, 0.6) is 11.5 Å². The molecule has 0 saturated carbocycles. The lowest BCUT2D eigenvalue weighted by Gasteiger charge is -2.12. The van der Waals surface area contributed by atoms with Crippen molar-refractivity contribution in [3.05, 3.63) is 51.8 Å². The van der Waals surface area contributed by atoms with E-state index in [1.54, 1.807) is 0 Å². The second kappa shape index (κ2) is 5.56. The van der Waals surface area contributed by atoms with Gasteiger partial charge in [-0.15, -0.1) is 0 Å². The molecule has 0 aliphatic heterocycles. The molecule has 0 atom stereocenters. The number of rotatable bonds is 3. The summed E-state index contributed by atoms with van der Waals surface area (Å²) >= 11 is 11.7. The third-order valence-corrected chi connectivity index (χ3v) is 3.01. The Bertz CT molecular complexity index is 692. The van der Waals surface area contributed by atoms with Gasteiger partial charge in [-0.3, -0.25) is 0 Å². The van der Waals surface area contributed by atoms with E-state index >= 15 is 0 Å². The van der Waals surface area contributed by atoms with Crippen molar-refractivity contribution in [2.45, 2.75) is 0 Å². The van der Waals surface area contributed by atoms with Gasteiger partial charge in [0, 0.05) is 5.02 Å². The zero-order valence-corrected chi connectivity index (χ0v) is 11.4. The highest BCUT2D eigenvalue weighted by molar-refractivity contribution is 6.35. The first-order valence-corrected chi connectivity index (χ1v) is 6.10. The van der Waals surface area contributed by atoms with Gasteiger partial charge in [0.1, 0.15) is 22.9 Å². The van der Waals surface area contributed by atoms with Gasteiger partial charge >= 0.3 is 5.97 Å². The Morgan fingerprint density at radius 2 is 1.85 bits per heavy atom. The van der Waals surface area contributed by atoms with Gasteiger partial charge in [0.2, 0.25) is 0 Å². The molecule has 2 rings (SSSR count). The molecule has 0 aromatic heterocycles. The third kappa shape index (κ3) is 2.79. The first-order valence-electron chi connectivity index (χ1n) is 5.34. The maximum absolute atomic E-state index is 13.3. The number of carboxylic acids is 1. The van der Waals surface area contributed by atoms with Gasteiger partial charge in [-0.2, -0.15) is 0 Å². The van der Waals surface area contributed by atoms with E-state index in [1.807, 2.05) is 0 Å². The van der Waals surface area contributed by atoms with Gasteiger partial charge < -0.3 is 15.6 Å². The Morgan fingerprint density at radius 3 is 2.45 bits per heavy atom. The van der Waals surface area contributed by atoms with Crippen LogP contribution < -0.4 is 10.5 Å². The second-order valence-corrected chi connectivity index (χ2v) is 4.66. The third-order valence-electron chi connectivity index (χ3n) is 2.48. The van der Waals surface area contributed by atoms with Crippen molar-refractivity contribution in [1.29, 1.82) is 0 Å². The number of ether oxygens (including phenoxy) is 1. The normalized spacial score (nSPS) is 10.3. The van der Waals surface area contributed by atoms with E-state index in [4.69, 9.17) is 38.8 Å². The molecule has 0 heterocycles. The zero-order valence-electron chi connectivity index (χ0n) is 9.86. The summed E-state index contributed by atoms with van der Waals surface area (Å²) in [4.78, 5) is 11.1. The van der Waals surface area contributed by atoms with Crippen LogP contribution >= 0.6 is 23.2 Å². The average Bonchev–Trinajstić information content (AvgIpc) is 2.36. The molecule has 0 radical (unpaired) electrons. The molecule has 0 spiro atoms. The topological polar surface area (TPSA) is 72.5 Å². The van der Waals surface area contributed by atoms with Crippen LogP contribution in [0.2, 0.25) is 10.0 Å². The number of aromatic carboxylic acids is 1. The molecular formula is C13H8Cl2FNO3. The molecule has 0 saturated heterocycles. The summed E-state index contributed by atoms with van der Waals surface area (Å²) in [5.41, 5.74) is 4.45. The number of benzene rings is 2. The maximum atomic E-state index is 13.3. The average molecular weight is 316 g/mol. The van der Waals surface area contributed by atoms with Crippen LogP contribution in [0.3, 0.4) is 0 Å². The minimum atomic E-state index is -1.40. The monoisotopic (exact) mass is 315 g/mol. The Kier molecular flexibility index (Phi) is 4.01. The van der Waals surface area contributed by atoms with Gasteiger partial charge in [0.15, 0.2) is 0 Å². The van der Waals surface area contributed by atoms with Crippen LogP contribution in [0.1, 0.15) is 10.4 Å². The van der Waals surface area contributed by atoms with E-state index in [-0.39, 0.29) is 16.5 Å². The molecule has 20 heavy (non-hydrogen) atoms. The number of halogens is 3. The number of hydrogen-bond donors (Lipinski definition) is 2. The van der Waals surface area contributed by atoms with Gasteiger partial charge in [-0.25, -0.2) is 9.18 Å². The standard InChI is InChI=1S/C13H8Cl2FNO3/c14-6-1-3-9(7(15)5-6)20-10-4-2-8(16)12(17)11(10)13(18)19/h1-5H,17H2,(H,18,19). The molecule has 3 N–H and O–H groups in total. The van der Waals surface area contributed by atoms with Gasteiger partial charge in [-0.05, 0) is 30.3 Å². The van der Waals surface area contributed by atoms with Crippen LogP contribution in [-0.2, 0) is 0 Å². The lowest BCUT2D eigenvalue weighted by atomic mass is 10.1. The predicted octanol–water partition coefficient (Wildman–Crippen LogP) is 4.21. The van der Waals surface area contributed by atoms with Crippen LogP contribution in [0.4, 0.5) is 10.1 Å². The zero-order chi connectivity index (χ0) is 14.9. The molecule has 104 valence electrons. The molecule has 0 aliphatic rings. The Balaban J connectivity index is 2.48. The van der Waals surface area contributed by atoms with Crippen molar-refractivity contribution in [3.63, 3.8) is 0 Å². The largest absolute Gasteiger partial charge is 0.477 e. The van der Waals surface area contributed by atoms with E-state index < -0.39 is 23.0 Å². The maximum Gasteiger partial charge on any atom is 0.341 e. The highest BCUT2D eigenvalue weighted by Crippen LogP contribution is 2.35. The number of nitrogen functional groups attached to an aromatic ring is 1. The van der Waals surface area contributed by atoms with E-state index in [9.17, 15) is 9.18 Å². The van der Waals surface area contributed by atoms with Crippen molar-refractivity contribution in [1.82, 2.24) is 0 Å². The minimum absolute atomic E-state index is 0.111. The Labute approximate surface area is 123 Å². The SMILES string of the molecule is Nc1c(F)ccc(Oc2ccc(Cl)cc2Cl)c1C(=O)O. The van der Waals surface area contributed by atoms with E-state index in [0.29, 0.717) is 5.02 Å². The quantitative estimate of drug-likeness (QED) is 0.832. The fraction of sp³-hybridized carbons (Fsp3) is 0. The predicted molar refractivity (Wildman–Crippen MR) is 74.3 cm³/mol. The first kappa shape index (κ1) is 14.4. The fourth-order valence-electron chi connectivity index (χ4n) is 1.56. The fourth-order valence-corrected chi connectivity index (χ4v) is 2.00. The van der Waals surface area contributed by atoms with Crippen LogP contribution in [0.15, 0.2) is 30.3 Å². The molecular weight excluding hydrogens is 308 g/mol. The summed E-state index contributed by atoms with van der Waals surface area (Å²) in [6, 6.07) is 6.61. The molecule has 2 aromatic carbocycles. The molecule has 0 amide bonds. The molecule has 7 heteroatoms. The van der Waals surface area contributed by atoms with E-state index in [0.717, 1.165) is 6.07 Å². The number of carboxylic acid groups (broad SMARTS) is 1. The summed E-state index contributed by atoms with van der Waals surface area (Å²) in [6.07, 6.45) is 0. The summed E-state index contributed by atoms with van der Waals surface area (Å²) in [7, 11) is 0. The van der Waals surface area contributed by atoms with Gasteiger partial charge in [-0.1, -0.05) is 23.2 Å². The van der Waals surface area contributed by atoms with Crippen LogP contribution in [0.25, 0.3) is 0 Å². The summed E-state index contributed by atoms with van der Waals surface area (Å²) in [6.45, 7) is 0. The number of anilines is 1. The lowest BCUT2D eigenvalue weighted by molar-refractivity contribution is 0.0695. The van der Waals surface area contributed by atoms with Crippen LogP contribution in [0, 0.1) is 5.82 Å². The number of nitrogens with two attached hydrogens (primary N) is 1. The van der Waals surface area contributed by atoms with Crippen molar-refractivity contribution in [2.75, 3.05) is 5.73 Å². The summed E-state index contributed by atoms with van der Waals surface area (Å²) in [5, 5.41) is 9.68. The summed E-state index contributed by atoms with van der Waals surface area (Å²) < 4.78 is 18.7. The second-order valence-electron chi connectivity index (χ2n) is 3.82. The number of hydrogen-bond acceptors (Lipinski definition) is 3. The Morgan fingerprint density at radius 1 is 1.20 bits per heavy atom. The van der Waals surface area contributed by atoms with Gasteiger partial charge in [0.05, 0.1) is 10.7 Å². The highest BCUT2D eigenvalue weighted by Gasteiger charge is 2.19.